The fraction of sp³-hybridized carbons (Fsp3) is 0.364. The highest BCUT2D eigenvalue weighted by molar-refractivity contribution is 6.20. The molecule has 0 nitrogen and oxygen atoms in total. The monoisotopic (exact) mass is 181 g/mol. The number of rotatable bonds is 4. The molecule has 65 valence electrons. The summed E-state index contributed by atoms with van der Waals surface area (Å²) >= 11 is 6.16. The Labute approximate surface area is 79.6 Å². The van der Waals surface area contributed by atoms with Crippen molar-refractivity contribution in [2.75, 3.05) is 0 Å². The SMILES string of the molecule is [CH2]CCCC(Cl)c1ccccc1. The van der Waals surface area contributed by atoms with Gasteiger partial charge < -0.3 is 0 Å². The molecule has 0 heterocycles. The molecule has 1 aromatic carbocycles. The van der Waals surface area contributed by atoms with Gasteiger partial charge in [-0.25, -0.2) is 0 Å². The molecular weight excluding hydrogens is 168 g/mol. The second-order valence-electron chi connectivity index (χ2n) is 2.87. The third-order valence-electron chi connectivity index (χ3n) is 1.87. The van der Waals surface area contributed by atoms with Gasteiger partial charge in [0.25, 0.3) is 0 Å². The summed E-state index contributed by atoms with van der Waals surface area (Å²) in [5.41, 5.74) is 1.22. The number of benzene rings is 1. The zero-order chi connectivity index (χ0) is 8.81. The van der Waals surface area contributed by atoms with E-state index in [1.54, 1.807) is 0 Å². The normalized spacial score (nSPS) is 12.8. The fourth-order valence-corrected chi connectivity index (χ4v) is 1.45. The molecule has 1 aromatic rings. The summed E-state index contributed by atoms with van der Waals surface area (Å²) in [5, 5.41) is 0.160. The molecule has 0 aliphatic carbocycles. The number of unbranched alkanes of at least 4 members (excludes halogenated alkanes) is 1. The lowest BCUT2D eigenvalue weighted by Gasteiger charge is -2.07. The van der Waals surface area contributed by atoms with Crippen molar-refractivity contribution in [3.63, 3.8) is 0 Å². The third kappa shape index (κ3) is 2.86. The molecule has 12 heavy (non-hydrogen) atoms. The molecule has 1 atom stereocenters. The van der Waals surface area contributed by atoms with Crippen LogP contribution in [-0.2, 0) is 0 Å². The van der Waals surface area contributed by atoms with Gasteiger partial charge in [-0.2, -0.15) is 0 Å². The van der Waals surface area contributed by atoms with Crippen molar-refractivity contribution < 1.29 is 0 Å². The Morgan fingerprint density at radius 2 is 1.92 bits per heavy atom. The Morgan fingerprint density at radius 3 is 2.50 bits per heavy atom. The Morgan fingerprint density at radius 1 is 1.25 bits per heavy atom. The molecule has 1 heteroatoms. The van der Waals surface area contributed by atoms with Crippen molar-refractivity contribution in [2.45, 2.75) is 24.6 Å². The van der Waals surface area contributed by atoms with Gasteiger partial charge in [-0.3, -0.25) is 0 Å². The van der Waals surface area contributed by atoms with Crippen molar-refractivity contribution in [1.82, 2.24) is 0 Å². The van der Waals surface area contributed by atoms with Crippen LogP contribution in [0.5, 0.6) is 0 Å². The maximum atomic E-state index is 6.16. The summed E-state index contributed by atoms with van der Waals surface area (Å²) in [4.78, 5) is 0. The van der Waals surface area contributed by atoms with Crippen LogP contribution in [0.25, 0.3) is 0 Å². The van der Waals surface area contributed by atoms with Crippen LogP contribution >= 0.6 is 11.6 Å². The van der Waals surface area contributed by atoms with E-state index in [0.717, 1.165) is 19.3 Å². The highest BCUT2D eigenvalue weighted by Gasteiger charge is 2.04. The van der Waals surface area contributed by atoms with Gasteiger partial charge in [0.05, 0.1) is 5.38 Å². The minimum absolute atomic E-state index is 0.160. The highest BCUT2D eigenvalue weighted by Crippen LogP contribution is 2.25. The van der Waals surface area contributed by atoms with Crippen LogP contribution in [-0.4, -0.2) is 0 Å². The number of hydrogen-bond donors (Lipinski definition) is 0. The first-order valence-corrected chi connectivity index (χ1v) is 4.76. The van der Waals surface area contributed by atoms with Crippen molar-refractivity contribution in [2.24, 2.45) is 0 Å². The third-order valence-corrected chi connectivity index (χ3v) is 2.34. The van der Waals surface area contributed by atoms with E-state index in [9.17, 15) is 0 Å². The van der Waals surface area contributed by atoms with Crippen LogP contribution in [0.4, 0.5) is 0 Å². The predicted molar refractivity (Wildman–Crippen MR) is 54.2 cm³/mol. The van der Waals surface area contributed by atoms with Crippen LogP contribution < -0.4 is 0 Å². The van der Waals surface area contributed by atoms with E-state index in [1.807, 2.05) is 18.2 Å². The lowest BCUT2D eigenvalue weighted by molar-refractivity contribution is 0.726. The summed E-state index contributed by atoms with van der Waals surface area (Å²) < 4.78 is 0. The van der Waals surface area contributed by atoms with Gasteiger partial charge in [-0.05, 0) is 12.0 Å². The predicted octanol–water partition coefficient (Wildman–Crippen LogP) is 3.97. The Bertz CT molecular complexity index is 206. The lowest BCUT2D eigenvalue weighted by Crippen LogP contribution is -1.89. The van der Waals surface area contributed by atoms with Gasteiger partial charge in [0.2, 0.25) is 0 Å². The van der Waals surface area contributed by atoms with Crippen LogP contribution in [0, 0.1) is 6.92 Å². The topological polar surface area (TPSA) is 0 Å². The van der Waals surface area contributed by atoms with Gasteiger partial charge in [0.15, 0.2) is 0 Å². The van der Waals surface area contributed by atoms with Crippen LogP contribution in [0.1, 0.15) is 30.2 Å². The summed E-state index contributed by atoms with van der Waals surface area (Å²) in [7, 11) is 0. The maximum Gasteiger partial charge on any atom is 0.0585 e. The molecule has 1 rings (SSSR count). The average Bonchev–Trinajstić information content (AvgIpc) is 2.15. The van der Waals surface area contributed by atoms with E-state index in [2.05, 4.69) is 19.1 Å². The van der Waals surface area contributed by atoms with Gasteiger partial charge in [-0.1, -0.05) is 50.1 Å². The number of halogens is 1. The summed E-state index contributed by atoms with van der Waals surface area (Å²) in [6.07, 6.45) is 3.09. The number of hydrogen-bond acceptors (Lipinski definition) is 0. The van der Waals surface area contributed by atoms with Crippen LogP contribution in [0.3, 0.4) is 0 Å². The van der Waals surface area contributed by atoms with Gasteiger partial charge in [0.1, 0.15) is 0 Å². The summed E-state index contributed by atoms with van der Waals surface area (Å²) in [6.45, 7) is 3.79. The fourth-order valence-electron chi connectivity index (χ4n) is 1.15. The van der Waals surface area contributed by atoms with E-state index >= 15 is 0 Å². The molecule has 0 fully saturated rings. The minimum Gasteiger partial charge on any atom is -0.118 e. The quantitative estimate of drug-likeness (QED) is 0.617. The van der Waals surface area contributed by atoms with Crippen molar-refractivity contribution in [1.29, 1.82) is 0 Å². The molecule has 0 saturated heterocycles. The molecule has 0 amide bonds. The van der Waals surface area contributed by atoms with Gasteiger partial charge >= 0.3 is 0 Å². The lowest BCUT2D eigenvalue weighted by atomic mass is 10.1. The van der Waals surface area contributed by atoms with E-state index in [4.69, 9.17) is 11.6 Å². The van der Waals surface area contributed by atoms with Crippen LogP contribution in [0.2, 0.25) is 0 Å². The summed E-state index contributed by atoms with van der Waals surface area (Å²) in [5.74, 6) is 0. The number of alkyl halides is 1. The zero-order valence-corrected chi connectivity index (χ0v) is 7.93. The molecule has 0 aliphatic rings. The van der Waals surface area contributed by atoms with E-state index in [0.29, 0.717) is 0 Å². The first-order valence-electron chi connectivity index (χ1n) is 4.33. The van der Waals surface area contributed by atoms with Crippen LogP contribution in [0.15, 0.2) is 30.3 Å². The standard InChI is InChI=1S/C11H14Cl/c1-2-3-9-11(12)10-7-5-4-6-8-10/h4-8,11H,1-3,9H2. The van der Waals surface area contributed by atoms with Gasteiger partial charge in [0, 0.05) is 0 Å². The molecule has 0 spiro atoms. The minimum atomic E-state index is 0.160. The first kappa shape index (κ1) is 9.60. The molecule has 0 aliphatic heterocycles. The van der Waals surface area contributed by atoms with E-state index < -0.39 is 0 Å². The Hall–Kier alpha value is -0.490. The second kappa shape index (κ2) is 5.21. The summed E-state index contributed by atoms with van der Waals surface area (Å²) in [6, 6.07) is 10.2. The molecule has 0 saturated carbocycles. The van der Waals surface area contributed by atoms with Crippen molar-refractivity contribution in [3.8, 4) is 0 Å². The maximum absolute atomic E-state index is 6.16. The largest absolute Gasteiger partial charge is 0.118 e. The molecular formula is C11H14Cl. The smallest absolute Gasteiger partial charge is 0.0585 e. The molecule has 1 unspecified atom stereocenters. The first-order chi connectivity index (χ1) is 5.84. The van der Waals surface area contributed by atoms with Crippen molar-refractivity contribution in [3.05, 3.63) is 42.8 Å². The van der Waals surface area contributed by atoms with E-state index in [-0.39, 0.29) is 5.38 Å². The molecule has 0 N–H and O–H groups in total. The van der Waals surface area contributed by atoms with Gasteiger partial charge in [-0.15, -0.1) is 11.6 Å². The molecule has 0 aromatic heterocycles. The zero-order valence-electron chi connectivity index (χ0n) is 7.17. The van der Waals surface area contributed by atoms with E-state index in [1.165, 1.54) is 5.56 Å². The molecule has 1 radical (unpaired) electrons. The Kier molecular flexibility index (Phi) is 4.16. The average molecular weight is 182 g/mol. The second-order valence-corrected chi connectivity index (χ2v) is 3.40. The van der Waals surface area contributed by atoms with Crippen molar-refractivity contribution >= 4 is 11.6 Å². The Balaban J connectivity index is 2.48. The highest BCUT2D eigenvalue weighted by atomic mass is 35.5. The molecule has 0 bridgehead atoms.